The van der Waals surface area contributed by atoms with E-state index >= 15 is 0 Å². The fourth-order valence-corrected chi connectivity index (χ4v) is 3.14. The van der Waals surface area contributed by atoms with Gasteiger partial charge in [-0.15, -0.1) is 0 Å². The third-order valence-corrected chi connectivity index (χ3v) is 5.03. The van der Waals surface area contributed by atoms with Gasteiger partial charge in [-0.25, -0.2) is 0 Å². The Morgan fingerprint density at radius 1 is 0.700 bits per heavy atom. The van der Waals surface area contributed by atoms with Gasteiger partial charge in [-0.05, 0) is 0 Å². The Bertz CT molecular complexity index is 209. The summed E-state index contributed by atoms with van der Waals surface area (Å²) in [5, 5.41) is 0. The molecular formula is C9H9Sn. The average Bonchev–Trinajstić information content (AvgIpc) is 1.90. The predicted octanol–water partition coefficient (Wildman–Crippen LogP) is 1.17. The standard InChI is InChI=1S/3C3H3.Sn/c3*1-3-2;/h3*1H3;. The Morgan fingerprint density at radius 3 is 1.20 bits per heavy atom. The molecule has 0 fully saturated rings. The first-order valence-corrected chi connectivity index (χ1v) is 7.28. The van der Waals surface area contributed by atoms with E-state index in [4.69, 9.17) is 0 Å². The van der Waals surface area contributed by atoms with Crippen LogP contribution in [-0.2, 0) is 0 Å². The summed E-state index contributed by atoms with van der Waals surface area (Å²) in [5.74, 6) is 8.61. The van der Waals surface area contributed by atoms with Crippen LogP contribution in [-0.4, -0.2) is 19.8 Å². The average molecular weight is 236 g/mol. The van der Waals surface area contributed by atoms with E-state index in [2.05, 4.69) is 29.6 Å². The van der Waals surface area contributed by atoms with Crippen molar-refractivity contribution in [2.24, 2.45) is 0 Å². The molecular weight excluding hydrogens is 227 g/mol. The molecule has 0 aliphatic rings. The molecule has 1 heteroatoms. The van der Waals surface area contributed by atoms with E-state index in [0.29, 0.717) is 0 Å². The van der Waals surface area contributed by atoms with Crippen molar-refractivity contribution < 1.29 is 0 Å². The van der Waals surface area contributed by atoms with Gasteiger partial charge in [0.25, 0.3) is 0 Å². The molecule has 0 saturated heterocycles. The third kappa shape index (κ3) is 4.37. The molecule has 10 heavy (non-hydrogen) atoms. The van der Waals surface area contributed by atoms with Crippen LogP contribution in [0.15, 0.2) is 0 Å². The van der Waals surface area contributed by atoms with Crippen LogP contribution in [0.4, 0.5) is 0 Å². The van der Waals surface area contributed by atoms with Crippen LogP contribution < -0.4 is 0 Å². The minimum absolute atomic E-state index is 1.84. The van der Waals surface area contributed by atoms with Crippen molar-refractivity contribution >= 4 is 19.8 Å². The van der Waals surface area contributed by atoms with Gasteiger partial charge >= 0.3 is 70.1 Å². The molecule has 0 spiro atoms. The van der Waals surface area contributed by atoms with Crippen molar-refractivity contribution in [2.45, 2.75) is 20.8 Å². The Hall–Kier alpha value is -0.521. The summed E-state index contributed by atoms with van der Waals surface area (Å²) in [6.07, 6.45) is 0. The van der Waals surface area contributed by atoms with Crippen molar-refractivity contribution in [3.8, 4) is 29.6 Å². The van der Waals surface area contributed by atoms with E-state index in [0.717, 1.165) is 0 Å². The fourth-order valence-electron chi connectivity index (χ4n) is 0.469. The molecule has 0 aromatic rings. The Labute approximate surface area is 70.1 Å². The topological polar surface area (TPSA) is 0 Å². The molecule has 0 bridgehead atoms. The Morgan fingerprint density at radius 2 is 1.00 bits per heavy atom. The molecule has 0 atom stereocenters. The van der Waals surface area contributed by atoms with E-state index in [1.165, 1.54) is 0 Å². The van der Waals surface area contributed by atoms with E-state index in [-0.39, 0.29) is 0 Å². The van der Waals surface area contributed by atoms with Crippen molar-refractivity contribution in [1.29, 1.82) is 0 Å². The molecule has 0 aromatic carbocycles. The van der Waals surface area contributed by atoms with Crippen LogP contribution in [0.2, 0.25) is 0 Å². The summed E-state index contributed by atoms with van der Waals surface area (Å²) in [6.45, 7) is 5.53. The van der Waals surface area contributed by atoms with Crippen LogP contribution in [0.1, 0.15) is 20.8 Å². The second kappa shape index (κ2) is 6.60. The molecule has 0 saturated carbocycles. The first-order chi connectivity index (χ1) is 4.85. The molecule has 0 aromatic heterocycles. The van der Waals surface area contributed by atoms with E-state index < -0.39 is 19.8 Å². The summed E-state index contributed by atoms with van der Waals surface area (Å²) in [6, 6.07) is 0. The van der Waals surface area contributed by atoms with Gasteiger partial charge in [0.05, 0.1) is 0 Å². The van der Waals surface area contributed by atoms with E-state index in [1.54, 1.807) is 0 Å². The van der Waals surface area contributed by atoms with Crippen LogP contribution in [0.5, 0.6) is 0 Å². The molecule has 0 amide bonds. The monoisotopic (exact) mass is 237 g/mol. The van der Waals surface area contributed by atoms with Gasteiger partial charge in [-0.1, -0.05) is 0 Å². The van der Waals surface area contributed by atoms with E-state index in [9.17, 15) is 0 Å². The molecule has 0 aliphatic carbocycles. The third-order valence-electron chi connectivity index (χ3n) is 0.750. The summed E-state index contributed by atoms with van der Waals surface area (Å²) >= 11 is -1.84. The van der Waals surface area contributed by atoms with Crippen LogP contribution >= 0.6 is 0 Å². The van der Waals surface area contributed by atoms with Gasteiger partial charge < -0.3 is 0 Å². The number of hydrogen-bond donors (Lipinski definition) is 0. The van der Waals surface area contributed by atoms with E-state index in [1.807, 2.05) is 20.8 Å². The fraction of sp³-hybridized carbons (Fsp3) is 0.333. The van der Waals surface area contributed by atoms with Gasteiger partial charge in [0.2, 0.25) is 0 Å². The molecule has 0 aliphatic heterocycles. The molecule has 0 unspecified atom stereocenters. The Balaban J connectivity index is 4.26. The Kier molecular flexibility index (Phi) is 6.25. The van der Waals surface area contributed by atoms with Crippen molar-refractivity contribution in [3.63, 3.8) is 0 Å². The van der Waals surface area contributed by atoms with Gasteiger partial charge in [-0.3, -0.25) is 0 Å². The molecule has 0 rings (SSSR count). The second-order valence-corrected chi connectivity index (χ2v) is 5.78. The molecule has 0 N–H and O–H groups in total. The zero-order chi connectivity index (χ0) is 7.82. The minimum atomic E-state index is -1.84. The predicted molar refractivity (Wildman–Crippen MR) is 46.1 cm³/mol. The summed E-state index contributed by atoms with van der Waals surface area (Å²) in [7, 11) is 0. The number of rotatable bonds is 0. The van der Waals surface area contributed by atoms with Crippen molar-refractivity contribution in [2.75, 3.05) is 0 Å². The van der Waals surface area contributed by atoms with Crippen LogP contribution in [0, 0.1) is 29.6 Å². The van der Waals surface area contributed by atoms with Crippen LogP contribution in [0.25, 0.3) is 0 Å². The first kappa shape index (κ1) is 9.48. The van der Waals surface area contributed by atoms with Gasteiger partial charge in [-0.2, -0.15) is 0 Å². The maximum atomic E-state index is 3.08. The summed E-state index contributed by atoms with van der Waals surface area (Å²) in [4.78, 5) is 0. The molecule has 0 heterocycles. The molecule has 0 nitrogen and oxygen atoms in total. The molecule has 1 radical (unpaired) electrons. The maximum absolute atomic E-state index is 3.08. The van der Waals surface area contributed by atoms with Gasteiger partial charge in [0.15, 0.2) is 0 Å². The molecule has 49 valence electrons. The van der Waals surface area contributed by atoms with Crippen molar-refractivity contribution in [1.82, 2.24) is 0 Å². The quantitative estimate of drug-likeness (QED) is 0.437. The van der Waals surface area contributed by atoms with Crippen LogP contribution in [0.3, 0.4) is 0 Å². The number of hydrogen-bond acceptors (Lipinski definition) is 0. The summed E-state index contributed by atoms with van der Waals surface area (Å²) in [5.41, 5.74) is 0. The SMILES string of the molecule is CC#[C][Sn]([C]#CC)[C]#CC. The summed E-state index contributed by atoms with van der Waals surface area (Å²) < 4.78 is 9.25. The van der Waals surface area contributed by atoms with Gasteiger partial charge in [0.1, 0.15) is 0 Å². The van der Waals surface area contributed by atoms with Gasteiger partial charge in [0, 0.05) is 0 Å². The normalized spacial score (nSPS) is 6.00. The zero-order valence-electron chi connectivity index (χ0n) is 6.50. The second-order valence-electron chi connectivity index (χ2n) is 1.50. The first-order valence-electron chi connectivity index (χ1n) is 3.00. The van der Waals surface area contributed by atoms with Crippen molar-refractivity contribution in [3.05, 3.63) is 0 Å². The zero-order valence-corrected chi connectivity index (χ0v) is 9.35.